The Morgan fingerprint density at radius 3 is 2.95 bits per heavy atom. The van der Waals surface area contributed by atoms with Crippen LogP contribution < -0.4 is 5.32 Å². The van der Waals surface area contributed by atoms with Gasteiger partial charge in [-0.2, -0.15) is 0 Å². The van der Waals surface area contributed by atoms with Crippen LogP contribution in [0.25, 0.3) is 11.0 Å². The Kier molecular flexibility index (Phi) is 4.17. The van der Waals surface area contributed by atoms with Crippen LogP contribution in [-0.2, 0) is 0 Å². The number of aryl methyl sites for hydroxylation is 2. The van der Waals surface area contributed by atoms with E-state index in [0.29, 0.717) is 16.5 Å². The Morgan fingerprint density at radius 1 is 1.36 bits per heavy atom. The molecule has 22 heavy (non-hydrogen) atoms. The Bertz CT molecular complexity index is 839. The number of benzene rings is 1. The van der Waals surface area contributed by atoms with Crippen molar-refractivity contribution in [1.29, 1.82) is 0 Å². The highest BCUT2D eigenvalue weighted by Crippen LogP contribution is 2.28. The average molecular weight is 333 g/mol. The summed E-state index contributed by atoms with van der Waals surface area (Å²) in [6.45, 7) is 5.95. The third-order valence-corrected chi connectivity index (χ3v) is 5.05. The van der Waals surface area contributed by atoms with Gasteiger partial charge in [0, 0.05) is 10.9 Å². The Labute approximate surface area is 136 Å². The molecule has 0 radical (unpaired) electrons. The van der Waals surface area contributed by atoms with Crippen LogP contribution in [0.15, 0.2) is 27.0 Å². The van der Waals surface area contributed by atoms with Gasteiger partial charge in [-0.05, 0) is 31.7 Å². The number of carbonyl (C=O) groups is 1. The summed E-state index contributed by atoms with van der Waals surface area (Å²) in [6, 6.07) is 5.87. The van der Waals surface area contributed by atoms with E-state index in [-0.39, 0.29) is 5.91 Å². The van der Waals surface area contributed by atoms with E-state index < -0.39 is 0 Å². The second-order valence-corrected chi connectivity index (χ2v) is 7.30. The van der Waals surface area contributed by atoms with E-state index in [1.54, 1.807) is 11.8 Å². The summed E-state index contributed by atoms with van der Waals surface area (Å²) < 4.78 is 6.52. The SMILES string of the molecule is CCSc1nnc(NC(=O)c2oc3ccc(C)cc3c2C)s1. The number of amides is 1. The minimum Gasteiger partial charge on any atom is -0.451 e. The highest BCUT2D eigenvalue weighted by molar-refractivity contribution is 8.01. The molecule has 0 fully saturated rings. The van der Waals surface area contributed by atoms with Gasteiger partial charge in [0.2, 0.25) is 5.13 Å². The number of nitrogens with zero attached hydrogens (tertiary/aromatic N) is 2. The van der Waals surface area contributed by atoms with E-state index >= 15 is 0 Å². The van der Waals surface area contributed by atoms with Gasteiger partial charge in [0.15, 0.2) is 10.1 Å². The summed E-state index contributed by atoms with van der Waals surface area (Å²) in [7, 11) is 0. The van der Waals surface area contributed by atoms with Crippen molar-refractivity contribution in [3.63, 3.8) is 0 Å². The van der Waals surface area contributed by atoms with E-state index in [0.717, 1.165) is 26.6 Å². The number of fused-ring (bicyclic) bond motifs is 1. The summed E-state index contributed by atoms with van der Waals surface area (Å²) in [6.07, 6.45) is 0. The number of anilines is 1. The maximum atomic E-state index is 12.4. The number of thioether (sulfide) groups is 1. The van der Waals surface area contributed by atoms with Crippen LogP contribution in [0, 0.1) is 13.8 Å². The second-order valence-electron chi connectivity index (χ2n) is 4.82. The Hall–Kier alpha value is -1.86. The first-order valence-corrected chi connectivity index (χ1v) is 8.66. The topological polar surface area (TPSA) is 68.0 Å². The van der Waals surface area contributed by atoms with Gasteiger partial charge < -0.3 is 4.42 Å². The van der Waals surface area contributed by atoms with Gasteiger partial charge >= 0.3 is 0 Å². The van der Waals surface area contributed by atoms with Gasteiger partial charge in [-0.15, -0.1) is 10.2 Å². The van der Waals surface area contributed by atoms with Crippen LogP contribution in [0.3, 0.4) is 0 Å². The Balaban J connectivity index is 1.86. The van der Waals surface area contributed by atoms with Crippen LogP contribution >= 0.6 is 23.1 Å². The summed E-state index contributed by atoms with van der Waals surface area (Å²) in [5.74, 6) is 0.945. The lowest BCUT2D eigenvalue weighted by Gasteiger charge is -1.98. The standard InChI is InChI=1S/C15H15N3O2S2/c1-4-21-15-18-17-14(22-15)16-13(19)12-9(3)10-7-8(2)5-6-11(10)20-12/h5-7H,4H2,1-3H3,(H,16,17,19). The molecule has 3 rings (SSSR count). The van der Waals surface area contributed by atoms with E-state index in [1.807, 2.05) is 39.0 Å². The van der Waals surface area contributed by atoms with Gasteiger partial charge in [-0.1, -0.05) is 41.7 Å². The molecule has 5 nitrogen and oxygen atoms in total. The van der Waals surface area contributed by atoms with Crippen LogP contribution in [0.5, 0.6) is 0 Å². The first-order valence-electron chi connectivity index (χ1n) is 6.86. The number of hydrogen-bond donors (Lipinski definition) is 1. The zero-order valence-corrected chi connectivity index (χ0v) is 14.1. The molecule has 0 saturated carbocycles. The predicted molar refractivity (Wildman–Crippen MR) is 89.9 cm³/mol. The number of nitrogens with one attached hydrogen (secondary N) is 1. The number of aromatic nitrogens is 2. The predicted octanol–water partition coefficient (Wildman–Crippen LogP) is 4.27. The fourth-order valence-corrected chi connectivity index (χ4v) is 3.79. The van der Waals surface area contributed by atoms with Crippen molar-refractivity contribution in [2.75, 3.05) is 11.1 Å². The van der Waals surface area contributed by atoms with Crippen molar-refractivity contribution >= 4 is 45.1 Å². The molecule has 0 bridgehead atoms. The maximum Gasteiger partial charge on any atom is 0.293 e. The van der Waals surface area contributed by atoms with E-state index in [9.17, 15) is 4.79 Å². The molecule has 0 aliphatic heterocycles. The van der Waals surface area contributed by atoms with E-state index in [2.05, 4.69) is 15.5 Å². The number of rotatable bonds is 4. The molecule has 2 heterocycles. The van der Waals surface area contributed by atoms with Gasteiger partial charge in [0.1, 0.15) is 5.58 Å². The minimum absolute atomic E-state index is 0.296. The monoisotopic (exact) mass is 333 g/mol. The quantitative estimate of drug-likeness (QED) is 0.570. The molecule has 2 aromatic heterocycles. The highest BCUT2D eigenvalue weighted by Gasteiger charge is 2.19. The molecule has 7 heteroatoms. The summed E-state index contributed by atoms with van der Waals surface area (Å²) in [5, 5.41) is 12.2. The van der Waals surface area contributed by atoms with Crippen molar-refractivity contribution in [2.45, 2.75) is 25.1 Å². The molecular formula is C15H15N3O2S2. The molecule has 1 aromatic carbocycles. The van der Waals surface area contributed by atoms with Crippen LogP contribution in [0.4, 0.5) is 5.13 Å². The van der Waals surface area contributed by atoms with E-state index in [1.165, 1.54) is 11.3 Å². The first kappa shape index (κ1) is 15.1. The lowest BCUT2D eigenvalue weighted by Crippen LogP contribution is -2.11. The van der Waals surface area contributed by atoms with Gasteiger partial charge in [0.25, 0.3) is 5.91 Å². The first-order chi connectivity index (χ1) is 10.6. The van der Waals surface area contributed by atoms with Gasteiger partial charge in [-0.25, -0.2) is 0 Å². The molecule has 114 valence electrons. The van der Waals surface area contributed by atoms with Crippen molar-refractivity contribution in [3.05, 3.63) is 35.1 Å². The molecule has 0 aliphatic rings. The lowest BCUT2D eigenvalue weighted by atomic mass is 10.1. The van der Waals surface area contributed by atoms with E-state index in [4.69, 9.17) is 4.42 Å². The molecule has 3 aromatic rings. The van der Waals surface area contributed by atoms with Crippen molar-refractivity contribution in [1.82, 2.24) is 10.2 Å². The molecule has 0 unspecified atom stereocenters. The summed E-state index contributed by atoms with van der Waals surface area (Å²) >= 11 is 2.96. The van der Waals surface area contributed by atoms with Crippen LogP contribution in [0.1, 0.15) is 28.6 Å². The van der Waals surface area contributed by atoms with Crippen LogP contribution in [-0.4, -0.2) is 21.9 Å². The van der Waals surface area contributed by atoms with Gasteiger partial charge in [0.05, 0.1) is 0 Å². The molecule has 0 spiro atoms. The molecule has 1 N–H and O–H groups in total. The average Bonchev–Trinajstić information content (AvgIpc) is 3.05. The summed E-state index contributed by atoms with van der Waals surface area (Å²) in [4.78, 5) is 12.4. The molecule has 0 saturated heterocycles. The lowest BCUT2D eigenvalue weighted by molar-refractivity contribution is 0.0998. The van der Waals surface area contributed by atoms with Crippen molar-refractivity contribution < 1.29 is 9.21 Å². The third kappa shape index (κ3) is 2.86. The van der Waals surface area contributed by atoms with Crippen molar-refractivity contribution in [3.8, 4) is 0 Å². The highest BCUT2D eigenvalue weighted by atomic mass is 32.2. The third-order valence-electron chi connectivity index (χ3n) is 3.19. The number of hydrogen-bond acceptors (Lipinski definition) is 6. The zero-order chi connectivity index (χ0) is 15.7. The zero-order valence-electron chi connectivity index (χ0n) is 12.5. The van der Waals surface area contributed by atoms with Crippen molar-refractivity contribution in [2.24, 2.45) is 0 Å². The van der Waals surface area contributed by atoms with Gasteiger partial charge in [-0.3, -0.25) is 10.1 Å². The molecule has 0 atom stereocenters. The summed E-state index contributed by atoms with van der Waals surface area (Å²) in [5.41, 5.74) is 2.69. The second kappa shape index (κ2) is 6.10. The number of carbonyl (C=O) groups excluding carboxylic acids is 1. The Morgan fingerprint density at radius 2 is 2.18 bits per heavy atom. The molecule has 1 amide bonds. The fraction of sp³-hybridized carbons (Fsp3) is 0.267. The van der Waals surface area contributed by atoms with Crippen LogP contribution in [0.2, 0.25) is 0 Å². The maximum absolute atomic E-state index is 12.4. The fourth-order valence-electron chi connectivity index (χ4n) is 2.15. The normalized spacial score (nSPS) is 11.0. The largest absolute Gasteiger partial charge is 0.451 e. The molecular weight excluding hydrogens is 318 g/mol. The number of furan rings is 1. The minimum atomic E-state index is -0.296. The smallest absolute Gasteiger partial charge is 0.293 e. The molecule has 0 aliphatic carbocycles.